The molecule has 7 heteroatoms. The van der Waals surface area contributed by atoms with Crippen LogP contribution in [0.3, 0.4) is 0 Å². The normalized spacial score (nSPS) is 20.8. The average Bonchev–Trinajstić information content (AvgIpc) is 2.63. The van der Waals surface area contributed by atoms with Crippen LogP contribution in [0.1, 0.15) is 32.1 Å². The Hall–Kier alpha value is -0.380. The third-order valence-electron chi connectivity index (χ3n) is 4.67. The third-order valence-corrected chi connectivity index (χ3v) is 4.67. The molecular formula is C18H35IN4O2. The minimum atomic E-state index is 0. The van der Waals surface area contributed by atoms with Gasteiger partial charge in [-0.3, -0.25) is 9.89 Å². The molecule has 0 aliphatic carbocycles. The average molecular weight is 466 g/mol. The van der Waals surface area contributed by atoms with Crippen molar-refractivity contribution in [2.45, 2.75) is 44.2 Å². The molecule has 0 unspecified atom stereocenters. The lowest BCUT2D eigenvalue weighted by Gasteiger charge is -2.32. The van der Waals surface area contributed by atoms with E-state index in [9.17, 15) is 0 Å². The van der Waals surface area contributed by atoms with Gasteiger partial charge < -0.3 is 20.1 Å². The Balaban J connectivity index is 0.00000312. The van der Waals surface area contributed by atoms with Gasteiger partial charge in [0.05, 0.1) is 6.10 Å². The van der Waals surface area contributed by atoms with Crippen molar-refractivity contribution in [3.63, 3.8) is 0 Å². The lowest BCUT2D eigenvalue weighted by Crippen LogP contribution is -2.48. The van der Waals surface area contributed by atoms with Gasteiger partial charge in [0.15, 0.2) is 5.96 Å². The highest BCUT2D eigenvalue weighted by atomic mass is 127. The Morgan fingerprint density at radius 2 is 2.00 bits per heavy atom. The molecule has 2 saturated heterocycles. The number of hydrogen-bond acceptors (Lipinski definition) is 4. The Morgan fingerprint density at radius 1 is 1.28 bits per heavy atom. The van der Waals surface area contributed by atoms with Crippen LogP contribution in [0.5, 0.6) is 0 Å². The molecule has 0 amide bonds. The highest BCUT2D eigenvalue weighted by molar-refractivity contribution is 14.0. The maximum Gasteiger partial charge on any atom is 0.191 e. The van der Waals surface area contributed by atoms with E-state index in [1.807, 2.05) is 13.1 Å². The number of rotatable bonds is 8. The first kappa shape index (κ1) is 22.7. The standard InChI is InChI=1S/C18H34N4O2.HI/c1-3-10-22-11-5-16(6-12-22)21-18(19-2)20-9-4-13-24-17-7-14-23-15-8-17;/h3,16-17H,1,4-15H2,2H3,(H2,19,20,21);1H. The van der Waals surface area contributed by atoms with Crippen molar-refractivity contribution >= 4 is 29.9 Å². The van der Waals surface area contributed by atoms with E-state index in [2.05, 4.69) is 27.1 Å². The first-order valence-corrected chi connectivity index (χ1v) is 9.31. The van der Waals surface area contributed by atoms with Crippen molar-refractivity contribution in [1.82, 2.24) is 15.5 Å². The van der Waals surface area contributed by atoms with Crippen molar-refractivity contribution < 1.29 is 9.47 Å². The summed E-state index contributed by atoms with van der Waals surface area (Å²) in [6.07, 6.45) is 7.73. The number of hydrogen-bond donors (Lipinski definition) is 2. The van der Waals surface area contributed by atoms with Gasteiger partial charge >= 0.3 is 0 Å². The number of piperidine rings is 1. The van der Waals surface area contributed by atoms with Crippen LogP contribution in [0.2, 0.25) is 0 Å². The van der Waals surface area contributed by atoms with E-state index in [-0.39, 0.29) is 24.0 Å². The van der Waals surface area contributed by atoms with Gasteiger partial charge in [0.1, 0.15) is 0 Å². The molecule has 146 valence electrons. The smallest absolute Gasteiger partial charge is 0.191 e. The van der Waals surface area contributed by atoms with Gasteiger partial charge in [-0.2, -0.15) is 0 Å². The zero-order chi connectivity index (χ0) is 17.0. The number of guanidine groups is 1. The molecule has 2 N–H and O–H groups in total. The van der Waals surface area contributed by atoms with Crippen LogP contribution in [-0.4, -0.2) is 76.1 Å². The molecule has 0 bridgehead atoms. The number of ether oxygens (including phenoxy) is 2. The molecule has 0 atom stereocenters. The van der Waals surface area contributed by atoms with E-state index in [1.54, 1.807) is 0 Å². The fourth-order valence-corrected chi connectivity index (χ4v) is 3.20. The molecule has 0 aromatic rings. The summed E-state index contributed by atoms with van der Waals surface area (Å²) in [6, 6.07) is 0.510. The van der Waals surface area contributed by atoms with Gasteiger partial charge in [-0.25, -0.2) is 0 Å². The maximum atomic E-state index is 5.89. The second kappa shape index (κ2) is 13.8. The number of nitrogens with one attached hydrogen (secondary N) is 2. The number of halogens is 1. The molecule has 2 aliphatic rings. The van der Waals surface area contributed by atoms with E-state index in [0.717, 1.165) is 84.1 Å². The van der Waals surface area contributed by atoms with E-state index in [0.29, 0.717) is 12.1 Å². The van der Waals surface area contributed by atoms with Crippen molar-refractivity contribution in [3.05, 3.63) is 12.7 Å². The van der Waals surface area contributed by atoms with E-state index < -0.39 is 0 Å². The monoisotopic (exact) mass is 466 g/mol. The molecule has 0 aromatic carbocycles. The molecule has 2 fully saturated rings. The van der Waals surface area contributed by atoms with Crippen LogP contribution in [0.25, 0.3) is 0 Å². The fourth-order valence-electron chi connectivity index (χ4n) is 3.20. The van der Waals surface area contributed by atoms with E-state index in [4.69, 9.17) is 9.47 Å². The van der Waals surface area contributed by atoms with E-state index >= 15 is 0 Å². The van der Waals surface area contributed by atoms with Crippen molar-refractivity contribution in [3.8, 4) is 0 Å². The van der Waals surface area contributed by atoms with Crippen LogP contribution in [0.4, 0.5) is 0 Å². The zero-order valence-corrected chi connectivity index (χ0v) is 17.9. The molecule has 2 aliphatic heterocycles. The Labute approximate surface area is 169 Å². The molecule has 0 aromatic heterocycles. The summed E-state index contributed by atoms with van der Waals surface area (Å²) in [7, 11) is 1.83. The summed E-state index contributed by atoms with van der Waals surface area (Å²) in [5.74, 6) is 0.906. The van der Waals surface area contributed by atoms with Crippen molar-refractivity contribution in [2.75, 3.05) is 53.0 Å². The summed E-state index contributed by atoms with van der Waals surface area (Å²) in [4.78, 5) is 6.77. The SMILES string of the molecule is C=CCN1CCC(NC(=NC)NCCCOC2CCOCC2)CC1.I. The van der Waals surface area contributed by atoms with Crippen molar-refractivity contribution in [2.24, 2.45) is 4.99 Å². The molecular weight excluding hydrogens is 431 g/mol. The highest BCUT2D eigenvalue weighted by Gasteiger charge is 2.19. The Bertz CT molecular complexity index is 381. The highest BCUT2D eigenvalue weighted by Crippen LogP contribution is 2.11. The first-order chi connectivity index (χ1) is 11.8. The van der Waals surface area contributed by atoms with Crippen LogP contribution < -0.4 is 10.6 Å². The number of nitrogens with zero attached hydrogens (tertiary/aromatic N) is 2. The maximum absolute atomic E-state index is 5.89. The minimum Gasteiger partial charge on any atom is -0.381 e. The van der Waals surface area contributed by atoms with Crippen LogP contribution in [-0.2, 0) is 9.47 Å². The summed E-state index contributed by atoms with van der Waals surface area (Å²) in [6.45, 7) is 10.4. The van der Waals surface area contributed by atoms with Gasteiger partial charge in [0, 0.05) is 59.1 Å². The Kier molecular flexibility index (Phi) is 12.5. The minimum absolute atomic E-state index is 0. The van der Waals surface area contributed by atoms with Crippen LogP contribution >= 0.6 is 24.0 Å². The third kappa shape index (κ3) is 9.21. The molecule has 0 saturated carbocycles. The quantitative estimate of drug-likeness (QED) is 0.189. The van der Waals surface area contributed by atoms with E-state index in [1.165, 1.54) is 0 Å². The number of aliphatic imine (C=N–C) groups is 1. The molecule has 2 rings (SSSR count). The lowest BCUT2D eigenvalue weighted by molar-refractivity contribution is -0.0320. The second-order valence-electron chi connectivity index (χ2n) is 6.54. The second-order valence-corrected chi connectivity index (χ2v) is 6.54. The van der Waals surface area contributed by atoms with Crippen LogP contribution in [0, 0.1) is 0 Å². The lowest BCUT2D eigenvalue weighted by atomic mass is 10.1. The molecule has 25 heavy (non-hydrogen) atoms. The summed E-state index contributed by atoms with van der Waals surface area (Å²) < 4.78 is 11.2. The van der Waals surface area contributed by atoms with Crippen LogP contribution in [0.15, 0.2) is 17.6 Å². The van der Waals surface area contributed by atoms with Gasteiger partial charge in [0.25, 0.3) is 0 Å². The summed E-state index contributed by atoms with van der Waals surface area (Å²) in [5.41, 5.74) is 0. The first-order valence-electron chi connectivity index (χ1n) is 9.31. The molecule has 0 radical (unpaired) electrons. The van der Waals surface area contributed by atoms with Gasteiger partial charge in [-0.1, -0.05) is 6.08 Å². The van der Waals surface area contributed by atoms with Gasteiger partial charge in [-0.15, -0.1) is 30.6 Å². The summed E-state index contributed by atoms with van der Waals surface area (Å²) >= 11 is 0. The van der Waals surface area contributed by atoms with Gasteiger partial charge in [-0.05, 0) is 32.1 Å². The largest absolute Gasteiger partial charge is 0.381 e. The predicted molar refractivity (Wildman–Crippen MR) is 114 cm³/mol. The van der Waals surface area contributed by atoms with Gasteiger partial charge in [0.2, 0.25) is 0 Å². The molecule has 6 nitrogen and oxygen atoms in total. The number of likely N-dealkylation sites (tertiary alicyclic amines) is 1. The topological polar surface area (TPSA) is 58.1 Å². The zero-order valence-electron chi connectivity index (χ0n) is 15.5. The molecule has 2 heterocycles. The Morgan fingerprint density at radius 3 is 2.64 bits per heavy atom. The summed E-state index contributed by atoms with van der Waals surface area (Å²) in [5, 5.41) is 6.93. The van der Waals surface area contributed by atoms with Crippen molar-refractivity contribution in [1.29, 1.82) is 0 Å². The predicted octanol–water partition coefficient (Wildman–Crippen LogP) is 2.01. The fraction of sp³-hybridized carbons (Fsp3) is 0.833. The molecule has 0 spiro atoms.